The van der Waals surface area contributed by atoms with E-state index in [9.17, 15) is 9.50 Å². The number of benzene rings is 1. The van der Waals surface area contributed by atoms with Crippen molar-refractivity contribution in [3.05, 3.63) is 30.1 Å². The lowest BCUT2D eigenvalue weighted by Crippen LogP contribution is -2.43. The number of hydrogen-bond acceptors (Lipinski definition) is 3. The van der Waals surface area contributed by atoms with Crippen LogP contribution in [0.2, 0.25) is 0 Å². The molecule has 108 valence electrons. The average Bonchev–Trinajstić information content (AvgIpc) is 2.43. The Balaban J connectivity index is 2.36. The monoisotopic (exact) mass is 268 g/mol. The molecule has 2 N–H and O–H groups in total. The van der Waals surface area contributed by atoms with E-state index < -0.39 is 0 Å². The van der Waals surface area contributed by atoms with Crippen LogP contribution in [0, 0.1) is 5.82 Å². The smallest absolute Gasteiger partial charge is 0.146 e. The second-order valence-corrected chi connectivity index (χ2v) is 5.30. The minimum Gasteiger partial charge on any atom is -0.394 e. The summed E-state index contributed by atoms with van der Waals surface area (Å²) in [4.78, 5) is 1.94. The van der Waals surface area contributed by atoms with Crippen molar-refractivity contribution >= 4 is 5.69 Å². The van der Waals surface area contributed by atoms with Crippen LogP contribution in [0.25, 0.3) is 0 Å². The van der Waals surface area contributed by atoms with Gasteiger partial charge in [-0.2, -0.15) is 0 Å². The van der Waals surface area contributed by atoms with Crippen LogP contribution in [-0.2, 0) is 0 Å². The number of rotatable bonds is 8. The molecule has 0 fully saturated rings. The molecule has 1 aromatic rings. The lowest BCUT2D eigenvalue weighted by Gasteiger charge is -2.27. The normalized spacial score (nSPS) is 14.2. The van der Waals surface area contributed by atoms with Crippen LogP contribution in [-0.4, -0.2) is 37.9 Å². The molecule has 0 aromatic heterocycles. The van der Waals surface area contributed by atoms with Crippen LogP contribution in [0.5, 0.6) is 0 Å². The summed E-state index contributed by atoms with van der Waals surface area (Å²) in [6.45, 7) is 2.95. The topological polar surface area (TPSA) is 35.5 Å². The van der Waals surface area contributed by atoms with Gasteiger partial charge in [-0.05, 0) is 45.4 Å². The van der Waals surface area contributed by atoms with Gasteiger partial charge in [0.05, 0.1) is 12.3 Å². The van der Waals surface area contributed by atoms with E-state index in [0.717, 1.165) is 25.8 Å². The van der Waals surface area contributed by atoms with Crippen molar-refractivity contribution in [2.45, 2.75) is 31.7 Å². The number of para-hydroxylation sites is 1. The van der Waals surface area contributed by atoms with Gasteiger partial charge in [0.25, 0.3) is 0 Å². The molecule has 3 nitrogen and oxygen atoms in total. The highest BCUT2D eigenvalue weighted by Gasteiger charge is 2.19. The van der Waals surface area contributed by atoms with Crippen molar-refractivity contribution in [2.75, 3.05) is 32.1 Å². The van der Waals surface area contributed by atoms with Crippen LogP contribution in [0.4, 0.5) is 10.1 Å². The van der Waals surface area contributed by atoms with Gasteiger partial charge in [-0.25, -0.2) is 4.39 Å². The molecule has 0 spiro atoms. The predicted molar refractivity (Wildman–Crippen MR) is 78.1 cm³/mol. The van der Waals surface area contributed by atoms with Gasteiger partial charge < -0.3 is 15.3 Å². The third-order valence-corrected chi connectivity index (χ3v) is 3.69. The number of unbranched alkanes of at least 4 members (excludes halogenated alkanes) is 1. The van der Waals surface area contributed by atoms with E-state index in [0.29, 0.717) is 5.69 Å². The number of aliphatic hydroxyl groups is 1. The Bertz CT molecular complexity index is 380. The summed E-state index contributed by atoms with van der Waals surface area (Å²) in [6, 6.07) is 6.82. The van der Waals surface area contributed by atoms with Crippen molar-refractivity contribution in [3.8, 4) is 0 Å². The number of halogens is 1. The first-order chi connectivity index (χ1) is 9.02. The number of nitrogens with one attached hydrogen (secondary N) is 1. The van der Waals surface area contributed by atoms with Crippen molar-refractivity contribution < 1.29 is 9.50 Å². The molecule has 19 heavy (non-hydrogen) atoms. The van der Waals surface area contributed by atoms with E-state index in [-0.39, 0.29) is 18.0 Å². The molecule has 0 amide bonds. The Kier molecular flexibility index (Phi) is 6.25. The first-order valence-electron chi connectivity index (χ1n) is 6.78. The first kappa shape index (κ1) is 15.9. The third-order valence-electron chi connectivity index (χ3n) is 3.69. The molecule has 1 unspecified atom stereocenters. The number of likely N-dealkylation sites (N-methyl/N-ethyl adjacent to an activating group) is 1. The maximum atomic E-state index is 13.6. The van der Waals surface area contributed by atoms with E-state index in [1.807, 2.05) is 32.0 Å². The van der Waals surface area contributed by atoms with E-state index in [1.54, 1.807) is 12.1 Å². The second kappa shape index (κ2) is 7.46. The van der Waals surface area contributed by atoms with Gasteiger partial charge in [-0.1, -0.05) is 12.1 Å². The van der Waals surface area contributed by atoms with Crippen LogP contribution in [0.15, 0.2) is 24.3 Å². The fourth-order valence-electron chi connectivity index (χ4n) is 2.03. The van der Waals surface area contributed by atoms with Crippen molar-refractivity contribution in [2.24, 2.45) is 0 Å². The zero-order valence-electron chi connectivity index (χ0n) is 12.1. The Hall–Kier alpha value is -1.13. The third kappa shape index (κ3) is 4.80. The minimum absolute atomic E-state index is 0.132. The van der Waals surface area contributed by atoms with Crippen molar-refractivity contribution in [1.82, 2.24) is 5.32 Å². The molecule has 1 aromatic carbocycles. The van der Waals surface area contributed by atoms with Gasteiger partial charge in [0.15, 0.2) is 0 Å². The Labute approximate surface area is 115 Å². The lowest BCUT2D eigenvalue weighted by atomic mass is 9.96. The maximum Gasteiger partial charge on any atom is 0.146 e. The molecule has 0 bridgehead atoms. The fraction of sp³-hybridized carbons (Fsp3) is 0.600. The zero-order chi connectivity index (χ0) is 14.3. The second-order valence-electron chi connectivity index (χ2n) is 5.30. The molecule has 1 rings (SSSR count). The molecule has 0 radical (unpaired) electrons. The van der Waals surface area contributed by atoms with Crippen molar-refractivity contribution in [3.63, 3.8) is 0 Å². The van der Waals surface area contributed by atoms with Crippen LogP contribution < -0.4 is 10.2 Å². The molecule has 0 aliphatic rings. The molecule has 0 aliphatic carbocycles. The van der Waals surface area contributed by atoms with Gasteiger partial charge in [-0.3, -0.25) is 0 Å². The zero-order valence-corrected chi connectivity index (χ0v) is 12.1. The molecule has 0 saturated carbocycles. The lowest BCUT2D eigenvalue weighted by molar-refractivity contribution is 0.171. The van der Waals surface area contributed by atoms with E-state index in [4.69, 9.17) is 0 Å². The largest absolute Gasteiger partial charge is 0.394 e. The summed E-state index contributed by atoms with van der Waals surface area (Å²) < 4.78 is 13.6. The number of anilines is 1. The molecule has 0 aliphatic heterocycles. The Morgan fingerprint density at radius 1 is 1.32 bits per heavy atom. The average molecular weight is 268 g/mol. The highest BCUT2D eigenvalue weighted by atomic mass is 19.1. The van der Waals surface area contributed by atoms with E-state index in [2.05, 4.69) is 5.32 Å². The number of aliphatic hydroxyl groups excluding tert-OH is 1. The van der Waals surface area contributed by atoms with Gasteiger partial charge >= 0.3 is 0 Å². The van der Waals surface area contributed by atoms with Crippen LogP contribution in [0.1, 0.15) is 26.2 Å². The van der Waals surface area contributed by atoms with E-state index in [1.165, 1.54) is 6.07 Å². The number of nitrogens with zero attached hydrogens (tertiary/aromatic N) is 1. The molecular weight excluding hydrogens is 243 g/mol. The Morgan fingerprint density at radius 3 is 2.58 bits per heavy atom. The maximum absolute atomic E-state index is 13.6. The molecule has 0 heterocycles. The van der Waals surface area contributed by atoms with Gasteiger partial charge in [0, 0.05) is 19.1 Å². The quantitative estimate of drug-likeness (QED) is 0.711. The summed E-state index contributed by atoms with van der Waals surface area (Å²) in [5.41, 5.74) is 0.428. The molecule has 0 saturated heterocycles. The standard InChI is InChI=1S/C15H25FN2O/c1-15(12-19,17-2)10-6-7-11-18(3)14-9-5-4-8-13(14)16/h4-5,8-9,17,19H,6-7,10-12H2,1-3H3. The summed E-state index contributed by atoms with van der Waals surface area (Å²) in [6.07, 6.45) is 2.88. The summed E-state index contributed by atoms with van der Waals surface area (Å²) >= 11 is 0. The number of hydrogen-bond donors (Lipinski definition) is 2. The SMILES string of the molecule is CNC(C)(CO)CCCCN(C)c1ccccc1F. The molecular formula is C15H25FN2O. The van der Waals surface area contributed by atoms with Gasteiger partial charge in [0.1, 0.15) is 5.82 Å². The van der Waals surface area contributed by atoms with Crippen LogP contribution >= 0.6 is 0 Å². The van der Waals surface area contributed by atoms with Crippen LogP contribution in [0.3, 0.4) is 0 Å². The predicted octanol–water partition coefficient (Wildman–Crippen LogP) is 2.40. The highest BCUT2D eigenvalue weighted by Crippen LogP contribution is 2.18. The summed E-state index contributed by atoms with van der Waals surface area (Å²) in [7, 11) is 3.77. The van der Waals surface area contributed by atoms with Gasteiger partial charge in [-0.15, -0.1) is 0 Å². The van der Waals surface area contributed by atoms with Gasteiger partial charge in [0.2, 0.25) is 0 Å². The van der Waals surface area contributed by atoms with Crippen molar-refractivity contribution in [1.29, 1.82) is 0 Å². The minimum atomic E-state index is -0.212. The summed E-state index contributed by atoms with van der Waals surface area (Å²) in [5.74, 6) is -0.180. The fourth-order valence-corrected chi connectivity index (χ4v) is 2.03. The first-order valence-corrected chi connectivity index (χ1v) is 6.78. The molecule has 4 heteroatoms. The highest BCUT2D eigenvalue weighted by molar-refractivity contribution is 5.46. The molecule has 1 atom stereocenters. The van der Waals surface area contributed by atoms with E-state index >= 15 is 0 Å². The summed E-state index contributed by atoms with van der Waals surface area (Å²) in [5, 5.41) is 12.4. The Morgan fingerprint density at radius 2 is 2.00 bits per heavy atom.